The number of nitrogens with one attached hydrogen (secondary N) is 2. The summed E-state index contributed by atoms with van der Waals surface area (Å²) in [7, 11) is -7.10. The van der Waals surface area contributed by atoms with Crippen LogP contribution in [0.25, 0.3) is 0 Å². The molecule has 0 atom stereocenters. The standard InChI is InChI=1S/C7H14N2O5S2/c1-3-15(11,12)8-5-7(10)6-9-16(13,14)4-2/h3,8-9H,1,4-6H2,2H3. The van der Waals surface area contributed by atoms with Crippen LogP contribution in [-0.2, 0) is 24.8 Å². The number of hydrogen-bond acceptors (Lipinski definition) is 5. The molecule has 0 bridgehead atoms. The van der Waals surface area contributed by atoms with E-state index < -0.39 is 38.9 Å². The van der Waals surface area contributed by atoms with Gasteiger partial charge in [-0.1, -0.05) is 6.58 Å². The number of sulfonamides is 2. The molecule has 0 saturated heterocycles. The van der Waals surface area contributed by atoms with E-state index in [1.807, 2.05) is 9.44 Å². The first-order valence-electron chi connectivity index (χ1n) is 4.33. The summed E-state index contributed by atoms with van der Waals surface area (Å²) in [4.78, 5) is 11.1. The number of carbonyl (C=O) groups excluding carboxylic acids is 1. The number of Topliss-reactive ketones (excluding diaryl/α,β-unsaturated/α-hetero) is 1. The maximum Gasteiger partial charge on any atom is 0.233 e. The van der Waals surface area contributed by atoms with Crippen LogP contribution in [0.2, 0.25) is 0 Å². The summed E-state index contributed by atoms with van der Waals surface area (Å²) in [6.45, 7) is 3.55. The van der Waals surface area contributed by atoms with Crippen molar-refractivity contribution in [3.05, 3.63) is 12.0 Å². The van der Waals surface area contributed by atoms with Crippen LogP contribution < -0.4 is 9.44 Å². The van der Waals surface area contributed by atoms with Crippen molar-refractivity contribution in [3.63, 3.8) is 0 Å². The van der Waals surface area contributed by atoms with E-state index in [1.54, 1.807) is 0 Å². The second kappa shape index (κ2) is 6.09. The van der Waals surface area contributed by atoms with Crippen molar-refractivity contribution in [1.29, 1.82) is 0 Å². The normalized spacial score (nSPS) is 12.3. The Hall–Kier alpha value is -0.770. The first kappa shape index (κ1) is 15.2. The summed E-state index contributed by atoms with van der Waals surface area (Å²) in [5.41, 5.74) is 0. The lowest BCUT2D eigenvalue weighted by Gasteiger charge is -2.04. The van der Waals surface area contributed by atoms with Gasteiger partial charge in [0, 0.05) is 5.41 Å². The van der Waals surface area contributed by atoms with E-state index in [1.165, 1.54) is 6.92 Å². The maximum atomic E-state index is 11.1. The van der Waals surface area contributed by atoms with Crippen molar-refractivity contribution < 1.29 is 21.6 Å². The number of carbonyl (C=O) groups is 1. The Morgan fingerprint density at radius 1 is 1.19 bits per heavy atom. The van der Waals surface area contributed by atoms with Gasteiger partial charge in [0.25, 0.3) is 0 Å². The Labute approximate surface area is 95.0 Å². The van der Waals surface area contributed by atoms with Gasteiger partial charge in [-0.15, -0.1) is 0 Å². The molecule has 94 valence electrons. The van der Waals surface area contributed by atoms with Crippen molar-refractivity contribution in [3.8, 4) is 0 Å². The highest BCUT2D eigenvalue weighted by Gasteiger charge is 2.11. The van der Waals surface area contributed by atoms with E-state index in [2.05, 4.69) is 6.58 Å². The van der Waals surface area contributed by atoms with E-state index in [-0.39, 0.29) is 5.75 Å². The third-order valence-corrected chi connectivity index (χ3v) is 3.89. The van der Waals surface area contributed by atoms with Gasteiger partial charge in [-0.2, -0.15) is 0 Å². The van der Waals surface area contributed by atoms with Gasteiger partial charge in [-0.25, -0.2) is 26.3 Å². The average molecular weight is 270 g/mol. The van der Waals surface area contributed by atoms with E-state index in [0.29, 0.717) is 5.41 Å². The van der Waals surface area contributed by atoms with Crippen molar-refractivity contribution in [1.82, 2.24) is 9.44 Å². The molecule has 0 heterocycles. The van der Waals surface area contributed by atoms with Crippen LogP contribution in [-0.4, -0.2) is 41.5 Å². The highest BCUT2D eigenvalue weighted by molar-refractivity contribution is 7.92. The Kier molecular flexibility index (Phi) is 5.79. The largest absolute Gasteiger partial charge is 0.297 e. The molecule has 0 aliphatic rings. The maximum absolute atomic E-state index is 11.1. The van der Waals surface area contributed by atoms with Gasteiger partial charge in [0.2, 0.25) is 20.0 Å². The first-order valence-corrected chi connectivity index (χ1v) is 7.53. The summed E-state index contributed by atoms with van der Waals surface area (Å²) in [5, 5.41) is 0.663. The van der Waals surface area contributed by atoms with Crippen molar-refractivity contribution in [2.24, 2.45) is 0 Å². The molecule has 0 unspecified atom stereocenters. The predicted molar refractivity (Wildman–Crippen MR) is 59.6 cm³/mol. The topological polar surface area (TPSA) is 109 Å². The fourth-order valence-electron chi connectivity index (χ4n) is 0.595. The van der Waals surface area contributed by atoms with Crippen molar-refractivity contribution >= 4 is 25.8 Å². The quantitative estimate of drug-likeness (QED) is 0.561. The fourth-order valence-corrected chi connectivity index (χ4v) is 1.66. The van der Waals surface area contributed by atoms with Gasteiger partial charge < -0.3 is 0 Å². The highest BCUT2D eigenvalue weighted by Crippen LogP contribution is 1.84. The van der Waals surface area contributed by atoms with Gasteiger partial charge >= 0.3 is 0 Å². The molecule has 0 aromatic carbocycles. The minimum absolute atomic E-state index is 0.140. The minimum atomic E-state index is -3.66. The SMILES string of the molecule is C=CS(=O)(=O)NCC(=O)CNS(=O)(=O)CC. The molecule has 16 heavy (non-hydrogen) atoms. The number of hydrogen-bond donors (Lipinski definition) is 2. The lowest BCUT2D eigenvalue weighted by atomic mass is 10.4. The van der Waals surface area contributed by atoms with Gasteiger partial charge in [0.15, 0.2) is 5.78 Å². The van der Waals surface area contributed by atoms with E-state index >= 15 is 0 Å². The van der Waals surface area contributed by atoms with Gasteiger partial charge in [-0.3, -0.25) is 4.79 Å². The number of ketones is 1. The predicted octanol–water partition coefficient (Wildman–Crippen LogP) is -1.44. The first-order chi connectivity index (χ1) is 7.22. The fraction of sp³-hybridized carbons (Fsp3) is 0.571. The van der Waals surface area contributed by atoms with Crippen LogP contribution >= 0.6 is 0 Å². The molecular formula is C7H14N2O5S2. The summed E-state index contributed by atoms with van der Waals surface area (Å²) in [6.07, 6.45) is 0. The average Bonchev–Trinajstić information content (AvgIpc) is 2.24. The summed E-state index contributed by atoms with van der Waals surface area (Å²) < 4.78 is 47.5. The monoisotopic (exact) mass is 270 g/mol. The molecule has 0 saturated carbocycles. The molecule has 7 nitrogen and oxygen atoms in total. The zero-order chi connectivity index (χ0) is 12.8. The molecule has 0 aliphatic carbocycles. The Morgan fingerprint density at radius 2 is 1.69 bits per heavy atom. The zero-order valence-corrected chi connectivity index (χ0v) is 10.4. The van der Waals surface area contributed by atoms with Crippen LogP contribution in [0.4, 0.5) is 0 Å². The molecule has 0 aliphatic heterocycles. The Balaban J connectivity index is 4.08. The molecule has 2 N–H and O–H groups in total. The third-order valence-electron chi connectivity index (χ3n) is 1.56. The molecule has 0 aromatic rings. The molecule has 0 rings (SSSR count). The number of rotatable bonds is 8. The molecule has 0 spiro atoms. The van der Waals surface area contributed by atoms with E-state index in [4.69, 9.17) is 0 Å². The van der Waals surface area contributed by atoms with Crippen LogP contribution in [0, 0.1) is 0 Å². The van der Waals surface area contributed by atoms with Crippen LogP contribution in [0.1, 0.15) is 6.92 Å². The van der Waals surface area contributed by atoms with E-state index in [0.717, 1.165) is 0 Å². The lowest BCUT2D eigenvalue weighted by Crippen LogP contribution is -2.36. The van der Waals surface area contributed by atoms with Gasteiger partial charge in [0.1, 0.15) is 0 Å². The van der Waals surface area contributed by atoms with Crippen LogP contribution in [0.3, 0.4) is 0 Å². The Bertz CT molecular complexity index is 451. The summed E-state index contributed by atoms with van der Waals surface area (Å²) >= 11 is 0. The van der Waals surface area contributed by atoms with E-state index in [9.17, 15) is 21.6 Å². The molecule has 0 amide bonds. The second-order valence-corrected chi connectivity index (χ2v) is 6.60. The lowest BCUT2D eigenvalue weighted by molar-refractivity contribution is -0.116. The van der Waals surface area contributed by atoms with Gasteiger partial charge in [0.05, 0.1) is 18.8 Å². The molecule has 0 aromatic heterocycles. The Morgan fingerprint density at radius 3 is 2.12 bits per heavy atom. The van der Waals surface area contributed by atoms with Crippen molar-refractivity contribution in [2.75, 3.05) is 18.8 Å². The molecule has 9 heteroatoms. The van der Waals surface area contributed by atoms with Crippen LogP contribution in [0.15, 0.2) is 12.0 Å². The minimum Gasteiger partial charge on any atom is -0.297 e. The highest BCUT2D eigenvalue weighted by atomic mass is 32.2. The van der Waals surface area contributed by atoms with Crippen LogP contribution in [0.5, 0.6) is 0 Å². The van der Waals surface area contributed by atoms with Gasteiger partial charge in [-0.05, 0) is 6.92 Å². The summed E-state index contributed by atoms with van der Waals surface area (Å²) in [6, 6.07) is 0. The summed E-state index contributed by atoms with van der Waals surface area (Å²) in [5.74, 6) is -0.721. The third kappa shape index (κ3) is 6.67. The zero-order valence-electron chi connectivity index (χ0n) is 8.76. The molecule has 0 radical (unpaired) electrons. The smallest absolute Gasteiger partial charge is 0.233 e. The second-order valence-electron chi connectivity index (χ2n) is 2.80. The molecule has 0 fully saturated rings. The molecular weight excluding hydrogens is 256 g/mol. The van der Waals surface area contributed by atoms with Crippen molar-refractivity contribution in [2.45, 2.75) is 6.92 Å².